The van der Waals surface area contributed by atoms with Gasteiger partial charge in [-0.15, -0.1) is 10.2 Å². The van der Waals surface area contributed by atoms with Gasteiger partial charge in [-0.1, -0.05) is 29.4 Å². The summed E-state index contributed by atoms with van der Waals surface area (Å²) in [6, 6.07) is 5.75. The number of hydrogen-bond acceptors (Lipinski definition) is 5. The summed E-state index contributed by atoms with van der Waals surface area (Å²) in [7, 11) is 0. The van der Waals surface area contributed by atoms with Crippen LogP contribution >= 0.6 is 23.4 Å². The molecule has 1 aromatic heterocycles. The Hall–Kier alpha value is -1.57. The lowest BCUT2D eigenvalue weighted by Gasteiger charge is -2.29. The van der Waals surface area contributed by atoms with Gasteiger partial charge in [0, 0.05) is 18.1 Å². The third kappa shape index (κ3) is 3.91. The molecule has 1 saturated heterocycles. The molecule has 1 fully saturated rings. The number of piperidine rings is 1. The van der Waals surface area contributed by atoms with Gasteiger partial charge in [0.15, 0.2) is 5.16 Å². The highest BCUT2D eigenvalue weighted by Gasteiger charge is 2.22. The lowest BCUT2D eigenvalue weighted by Crippen LogP contribution is -2.40. The van der Waals surface area contributed by atoms with E-state index in [1.165, 1.54) is 11.8 Å². The van der Waals surface area contributed by atoms with Crippen molar-refractivity contribution in [1.29, 1.82) is 0 Å². The Kier molecular flexibility index (Phi) is 5.43. The molecule has 1 aliphatic rings. The highest BCUT2D eigenvalue weighted by Crippen LogP contribution is 2.24. The predicted molar refractivity (Wildman–Crippen MR) is 93.7 cm³/mol. The van der Waals surface area contributed by atoms with Crippen molar-refractivity contribution >= 4 is 29.3 Å². The maximum atomic E-state index is 12.3. The summed E-state index contributed by atoms with van der Waals surface area (Å²) >= 11 is 7.54. The van der Waals surface area contributed by atoms with Crippen LogP contribution in [0, 0.1) is 6.92 Å². The summed E-state index contributed by atoms with van der Waals surface area (Å²) < 4.78 is 1.82. The molecule has 2 aromatic rings. The third-order valence-corrected chi connectivity index (χ3v) is 5.43. The van der Waals surface area contributed by atoms with E-state index in [2.05, 4.69) is 10.2 Å². The van der Waals surface area contributed by atoms with E-state index in [9.17, 15) is 9.90 Å². The van der Waals surface area contributed by atoms with Crippen LogP contribution < -0.4 is 0 Å². The number of halogens is 1. The van der Waals surface area contributed by atoms with E-state index < -0.39 is 0 Å². The second kappa shape index (κ2) is 7.55. The molecule has 0 unspecified atom stereocenters. The molecule has 128 valence electrons. The van der Waals surface area contributed by atoms with Gasteiger partial charge in [-0.25, -0.2) is 0 Å². The SMILES string of the molecule is Cc1ccc(-n2cnnc2SCC(=O)N2CCC(O)CC2)cc1Cl. The first-order valence-electron chi connectivity index (χ1n) is 7.80. The summed E-state index contributed by atoms with van der Waals surface area (Å²) in [5.74, 6) is 0.359. The molecular weight excluding hydrogens is 348 g/mol. The van der Waals surface area contributed by atoms with Crippen molar-refractivity contribution in [3.8, 4) is 5.69 Å². The highest BCUT2D eigenvalue weighted by molar-refractivity contribution is 7.99. The number of amides is 1. The molecule has 1 aliphatic heterocycles. The zero-order valence-electron chi connectivity index (χ0n) is 13.4. The van der Waals surface area contributed by atoms with Crippen molar-refractivity contribution in [3.05, 3.63) is 35.1 Å². The van der Waals surface area contributed by atoms with E-state index in [1.807, 2.05) is 29.7 Å². The summed E-state index contributed by atoms with van der Waals surface area (Å²) in [5.41, 5.74) is 1.87. The number of rotatable bonds is 4. The van der Waals surface area contributed by atoms with Gasteiger partial charge in [-0.05, 0) is 37.5 Å². The van der Waals surface area contributed by atoms with Gasteiger partial charge in [-0.3, -0.25) is 9.36 Å². The molecule has 2 heterocycles. The zero-order chi connectivity index (χ0) is 17.1. The smallest absolute Gasteiger partial charge is 0.233 e. The molecule has 0 bridgehead atoms. The van der Waals surface area contributed by atoms with Gasteiger partial charge in [-0.2, -0.15) is 0 Å². The Morgan fingerprint density at radius 1 is 1.42 bits per heavy atom. The topological polar surface area (TPSA) is 71.2 Å². The van der Waals surface area contributed by atoms with E-state index in [1.54, 1.807) is 11.2 Å². The Bertz CT molecular complexity index is 729. The van der Waals surface area contributed by atoms with Crippen molar-refractivity contribution in [2.75, 3.05) is 18.8 Å². The number of hydrogen-bond donors (Lipinski definition) is 1. The number of nitrogens with zero attached hydrogens (tertiary/aromatic N) is 4. The van der Waals surface area contributed by atoms with Gasteiger partial charge in [0.2, 0.25) is 5.91 Å². The summed E-state index contributed by atoms with van der Waals surface area (Å²) in [6.45, 7) is 3.17. The Balaban J connectivity index is 1.65. The molecule has 1 aromatic carbocycles. The van der Waals surface area contributed by atoms with Crippen molar-refractivity contribution in [3.63, 3.8) is 0 Å². The van der Waals surface area contributed by atoms with E-state index in [-0.39, 0.29) is 12.0 Å². The molecule has 1 N–H and O–H groups in total. The van der Waals surface area contributed by atoms with Gasteiger partial charge >= 0.3 is 0 Å². The summed E-state index contributed by atoms with van der Waals surface area (Å²) in [5, 5.41) is 18.9. The van der Waals surface area contributed by atoms with E-state index in [4.69, 9.17) is 11.6 Å². The van der Waals surface area contributed by atoms with Crippen LogP contribution in [0.25, 0.3) is 5.69 Å². The fourth-order valence-corrected chi connectivity index (χ4v) is 3.57. The minimum absolute atomic E-state index is 0.0587. The highest BCUT2D eigenvalue weighted by atomic mass is 35.5. The van der Waals surface area contributed by atoms with Crippen molar-refractivity contribution in [1.82, 2.24) is 19.7 Å². The number of carbonyl (C=O) groups is 1. The number of aryl methyl sites for hydroxylation is 1. The van der Waals surface area contributed by atoms with Gasteiger partial charge in [0.1, 0.15) is 6.33 Å². The number of likely N-dealkylation sites (tertiary alicyclic amines) is 1. The summed E-state index contributed by atoms with van der Waals surface area (Å²) in [6.07, 6.45) is 2.63. The molecule has 0 saturated carbocycles. The maximum absolute atomic E-state index is 12.3. The van der Waals surface area contributed by atoms with E-state index in [0.29, 0.717) is 41.9 Å². The average Bonchev–Trinajstić information content (AvgIpc) is 3.04. The standard InChI is InChI=1S/C16H19ClN4O2S/c1-11-2-3-12(8-14(11)17)21-10-18-19-16(21)24-9-15(23)20-6-4-13(22)5-7-20/h2-3,8,10,13,22H,4-7,9H2,1H3. The quantitative estimate of drug-likeness (QED) is 0.841. The Morgan fingerprint density at radius 3 is 2.88 bits per heavy atom. The van der Waals surface area contributed by atoms with Crippen LogP contribution in [0.5, 0.6) is 0 Å². The lowest BCUT2D eigenvalue weighted by atomic mass is 10.1. The largest absolute Gasteiger partial charge is 0.393 e. The van der Waals surface area contributed by atoms with Gasteiger partial charge < -0.3 is 10.0 Å². The number of carbonyl (C=O) groups excluding carboxylic acids is 1. The van der Waals surface area contributed by atoms with Crippen LogP contribution in [0.1, 0.15) is 18.4 Å². The number of aromatic nitrogens is 3. The minimum Gasteiger partial charge on any atom is -0.393 e. The van der Waals surface area contributed by atoms with E-state index >= 15 is 0 Å². The molecule has 24 heavy (non-hydrogen) atoms. The van der Waals surface area contributed by atoms with Gasteiger partial charge in [0.25, 0.3) is 0 Å². The van der Waals surface area contributed by atoms with Crippen molar-refractivity contribution < 1.29 is 9.90 Å². The maximum Gasteiger partial charge on any atom is 0.233 e. The number of benzene rings is 1. The fraction of sp³-hybridized carbons (Fsp3) is 0.438. The van der Waals surface area contributed by atoms with Crippen LogP contribution in [0.4, 0.5) is 0 Å². The van der Waals surface area contributed by atoms with E-state index in [0.717, 1.165) is 11.3 Å². The first kappa shape index (κ1) is 17.3. The van der Waals surface area contributed by atoms with Gasteiger partial charge in [0.05, 0.1) is 17.5 Å². The average molecular weight is 367 g/mol. The molecule has 0 aliphatic carbocycles. The van der Waals surface area contributed by atoms with Crippen molar-refractivity contribution in [2.24, 2.45) is 0 Å². The second-order valence-corrected chi connectivity index (χ2v) is 7.17. The van der Waals surface area contributed by atoms with Crippen LogP contribution in [-0.4, -0.2) is 55.6 Å². The van der Waals surface area contributed by atoms with Crippen molar-refractivity contribution in [2.45, 2.75) is 31.0 Å². The molecule has 6 nitrogen and oxygen atoms in total. The predicted octanol–water partition coefficient (Wildman–Crippen LogP) is 2.30. The number of aliphatic hydroxyl groups excluding tert-OH is 1. The monoisotopic (exact) mass is 366 g/mol. The van der Waals surface area contributed by atoms with Crippen LogP contribution in [0.3, 0.4) is 0 Å². The molecule has 0 spiro atoms. The first-order valence-corrected chi connectivity index (χ1v) is 9.16. The zero-order valence-corrected chi connectivity index (χ0v) is 14.9. The molecule has 0 radical (unpaired) electrons. The first-order chi connectivity index (χ1) is 11.5. The number of aliphatic hydroxyl groups is 1. The third-order valence-electron chi connectivity index (χ3n) is 4.09. The summed E-state index contributed by atoms with van der Waals surface area (Å²) in [4.78, 5) is 14.1. The molecular formula is C16H19ClN4O2S. The normalized spacial score (nSPS) is 15.7. The lowest BCUT2D eigenvalue weighted by molar-refractivity contribution is -0.130. The molecule has 8 heteroatoms. The minimum atomic E-state index is -0.281. The number of thioether (sulfide) groups is 1. The Morgan fingerprint density at radius 2 is 2.17 bits per heavy atom. The fourth-order valence-electron chi connectivity index (χ4n) is 2.56. The molecule has 1 amide bonds. The Labute approximate surface area is 149 Å². The van der Waals surface area contributed by atoms with Crippen LogP contribution in [0.15, 0.2) is 29.7 Å². The second-order valence-electron chi connectivity index (χ2n) is 5.82. The van der Waals surface area contributed by atoms with Crippen LogP contribution in [-0.2, 0) is 4.79 Å². The molecule has 0 atom stereocenters. The molecule has 3 rings (SSSR count). The van der Waals surface area contributed by atoms with Crippen LogP contribution in [0.2, 0.25) is 5.02 Å².